The molecular weight excluding hydrogens is 412 g/mol. The van der Waals surface area contributed by atoms with Crippen LogP contribution in [0.1, 0.15) is 81.0 Å². The monoisotopic (exact) mass is 446 g/mol. The van der Waals surface area contributed by atoms with Crippen LogP contribution in [-0.4, -0.2) is 34.7 Å². The van der Waals surface area contributed by atoms with Crippen molar-refractivity contribution in [2.24, 2.45) is 23.7 Å². The molecule has 4 fully saturated rings. The van der Waals surface area contributed by atoms with Gasteiger partial charge in [0.2, 0.25) is 11.8 Å². The van der Waals surface area contributed by atoms with E-state index >= 15 is 0 Å². The Hall–Kier alpha value is -2.43. The van der Waals surface area contributed by atoms with Crippen LogP contribution in [0.3, 0.4) is 0 Å². The molecule has 33 heavy (non-hydrogen) atoms. The summed E-state index contributed by atoms with van der Waals surface area (Å²) in [5.41, 5.74) is 1.29. The number of hydrogen-bond acceptors (Lipinski definition) is 3. The molecule has 0 aromatic heterocycles. The molecule has 3 amide bonds. The molecule has 4 atom stereocenters. The predicted molar refractivity (Wildman–Crippen MR) is 127 cm³/mol. The number of rotatable bonds is 4. The van der Waals surface area contributed by atoms with Crippen molar-refractivity contribution >= 4 is 23.4 Å². The van der Waals surface area contributed by atoms with Crippen molar-refractivity contribution in [2.45, 2.75) is 82.7 Å². The van der Waals surface area contributed by atoms with E-state index in [-0.39, 0.29) is 41.4 Å². The Labute approximate surface area is 196 Å². The largest absolute Gasteiger partial charge is 0.333 e. The van der Waals surface area contributed by atoms with E-state index in [0.29, 0.717) is 23.3 Å². The minimum atomic E-state index is -0.193. The lowest BCUT2D eigenvalue weighted by Crippen LogP contribution is -2.48. The average Bonchev–Trinajstić information content (AvgIpc) is 3.54. The fourth-order valence-corrected chi connectivity index (χ4v) is 7.41. The van der Waals surface area contributed by atoms with Crippen LogP contribution in [0.2, 0.25) is 0 Å². The van der Waals surface area contributed by atoms with Crippen molar-refractivity contribution in [3.05, 3.63) is 42.0 Å². The van der Waals surface area contributed by atoms with Gasteiger partial charge in [0, 0.05) is 17.6 Å². The summed E-state index contributed by atoms with van der Waals surface area (Å²) in [5.74, 6) is 0.0324. The fourth-order valence-electron chi connectivity index (χ4n) is 7.41. The van der Waals surface area contributed by atoms with Gasteiger partial charge in [-0.15, -0.1) is 0 Å². The molecule has 1 aromatic carbocycles. The Kier molecular flexibility index (Phi) is 5.38. The Bertz CT molecular complexity index is 923. The second-order valence-corrected chi connectivity index (χ2v) is 10.9. The molecule has 5 heteroatoms. The number of hydrogen-bond donors (Lipinski definition) is 0. The smallest absolute Gasteiger partial charge is 0.254 e. The lowest BCUT2D eigenvalue weighted by atomic mass is 9.85. The first kappa shape index (κ1) is 21.1. The van der Waals surface area contributed by atoms with Gasteiger partial charge in [0.25, 0.3) is 5.91 Å². The van der Waals surface area contributed by atoms with Gasteiger partial charge < -0.3 is 4.90 Å². The fraction of sp³-hybridized carbons (Fsp3) is 0.607. The number of amides is 3. The summed E-state index contributed by atoms with van der Waals surface area (Å²) in [6.45, 7) is 0. The molecule has 1 saturated heterocycles. The van der Waals surface area contributed by atoms with Gasteiger partial charge in [0.1, 0.15) is 0 Å². The second kappa shape index (κ2) is 8.41. The average molecular weight is 447 g/mol. The second-order valence-electron chi connectivity index (χ2n) is 10.9. The highest BCUT2D eigenvalue weighted by Crippen LogP contribution is 2.53. The summed E-state index contributed by atoms with van der Waals surface area (Å²) in [7, 11) is 0. The van der Waals surface area contributed by atoms with E-state index in [0.717, 1.165) is 32.1 Å². The van der Waals surface area contributed by atoms with Gasteiger partial charge in [-0.1, -0.05) is 50.7 Å². The molecule has 5 nitrogen and oxygen atoms in total. The van der Waals surface area contributed by atoms with Gasteiger partial charge in [-0.2, -0.15) is 0 Å². The van der Waals surface area contributed by atoms with Gasteiger partial charge in [-0.05, 0) is 68.2 Å². The molecule has 1 aromatic rings. The van der Waals surface area contributed by atoms with Crippen LogP contribution in [0, 0.1) is 23.7 Å². The van der Waals surface area contributed by atoms with Gasteiger partial charge in [0.15, 0.2) is 0 Å². The molecule has 0 radical (unpaired) electrons. The zero-order chi connectivity index (χ0) is 22.5. The molecule has 2 bridgehead atoms. The van der Waals surface area contributed by atoms with E-state index in [2.05, 4.69) is 17.1 Å². The van der Waals surface area contributed by atoms with Crippen molar-refractivity contribution in [2.75, 3.05) is 4.90 Å². The van der Waals surface area contributed by atoms with Crippen LogP contribution in [0.25, 0.3) is 0 Å². The van der Waals surface area contributed by atoms with E-state index in [1.165, 1.54) is 43.4 Å². The lowest BCUT2D eigenvalue weighted by molar-refractivity contribution is -0.123. The SMILES string of the molecule is O=C1[C@@H]2[C@H](C(=O)N1c1ccc(C(=O)N(C3CCCCC3)C3CCCCC3)cc1)[C@H]1C=C[C@H]2C1. The van der Waals surface area contributed by atoms with Crippen LogP contribution >= 0.6 is 0 Å². The maximum atomic E-state index is 13.7. The number of anilines is 1. The molecule has 1 heterocycles. The number of carbonyl (C=O) groups is 3. The van der Waals surface area contributed by atoms with E-state index in [1.807, 2.05) is 12.1 Å². The van der Waals surface area contributed by atoms with Crippen LogP contribution in [0.15, 0.2) is 36.4 Å². The lowest BCUT2D eigenvalue weighted by Gasteiger charge is -2.42. The van der Waals surface area contributed by atoms with Gasteiger partial charge >= 0.3 is 0 Å². The topological polar surface area (TPSA) is 57.7 Å². The molecule has 5 aliphatic rings. The molecule has 3 saturated carbocycles. The number of nitrogens with zero attached hydrogens (tertiary/aromatic N) is 2. The number of fused-ring (bicyclic) bond motifs is 5. The molecule has 4 aliphatic carbocycles. The highest BCUT2D eigenvalue weighted by Gasteiger charge is 2.59. The number of benzene rings is 1. The van der Waals surface area contributed by atoms with E-state index in [9.17, 15) is 14.4 Å². The summed E-state index contributed by atoms with van der Waals surface area (Å²) in [4.78, 5) is 43.6. The molecule has 0 N–H and O–H groups in total. The van der Waals surface area contributed by atoms with E-state index < -0.39 is 0 Å². The first-order valence-corrected chi connectivity index (χ1v) is 13.1. The third-order valence-corrected chi connectivity index (χ3v) is 9.01. The van der Waals surface area contributed by atoms with Crippen molar-refractivity contribution in [1.82, 2.24) is 4.90 Å². The van der Waals surface area contributed by atoms with Crippen molar-refractivity contribution < 1.29 is 14.4 Å². The maximum absolute atomic E-state index is 13.7. The highest BCUT2D eigenvalue weighted by molar-refractivity contribution is 6.22. The van der Waals surface area contributed by atoms with Crippen molar-refractivity contribution in [3.63, 3.8) is 0 Å². The minimum absolute atomic E-state index is 0.0630. The molecule has 174 valence electrons. The van der Waals surface area contributed by atoms with Crippen molar-refractivity contribution in [3.8, 4) is 0 Å². The summed E-state index contributed by atoms with van der Waals surface area (Å²) < 4.78 is 0. The van der Waals surface area contributed by atoms with Gasteiger partial charge in [0.05, 0.1) is 17.5 Å². The van der Waals surface area contributed by atoms with Crippen LogP contribution in [0.4, 0.5) is 5.69 Å². The number of imide groups is 1. The molecular formula is C28H34N2O3. The highest BCUT2D eigenvalue weighted by atomic mass is 16.2. The normalized spacial score (nSPS) is 31.9. The minimum Gasteiger partial charge on any atom is -0.333 e. The third kappa shape index (κ3) is 3.46. The summed E-state index contributed by atoms with van der Waals surface area (Å²) >= 11 is 0. The standard InChI is InChI=1S/C28H34N2O3/c31-26(29(21-7-3-1-4-8-21)22-9-5-2-6-10-22)18-13-15-23(16-14-18)30-27(32)24-19-11-12-20(17-19)25(24)28(30)33/h11-16,19-22,24-25H,1-10,17H2/t19-,20-,24-,25+/m0/s1. The third-order valence-electron chi connectivity index (χ3n) is 9.01. The van der Waals surface area contributed by atoms with Crippen molar-refractivity contribution in [1.29, 1.82) is 0 Å². The number of allylic oxidation sites excluding steroid dienone is 2. The van der Waals surface area contributed by atoms with E-state index in [1.54, 1.807) is 12.1 Å². The van der Waals surface area contributed by atoms with E-state index in [4.69, 9.17) is 0 Å². The number of carbonyl (C=O) groups excluding carboxylic acids is 3. The molecule has 6 rings (SSSR count). The Morgan fingerprint density at radius 3 is 1.70 bits per heavy atom. The van der Waals surface area contributed by atoms with Crippen LogP contribution in [0.5, 0.6) is 0 Å². The quantitative estimate of drug-likeness (QED) is 0.477. The first-order valence-electron chi connectivity index (χ1n) is 13.1. The zero-order valence-electron chi connectivity index (χ0n) is 19.3. The summed E-state index contributed by atoms with van der Waals surface area (Å²) in [5, 5.41) is 0. The van der Waals surface area contributed by atoms with Gasteiger partial charge in [-0.25, -0.2) is 0 Å². The predicted octanol–water partition coefficient (Wildman–Crippen LogP) is 5.11. The Balaban J connectivity index is 1.23. The van der Waals surface area contributed by atoms with Crippen LogP contribution < -0.4 is 4.90 Å². The molecule has 0 unspecified atom stereocenters. The van der Waals surface area contributed by atoms with Gasteiger partial charge in [-0.3, -0.25) is 19.3 Å². The summed E-state index contributed by atoms with van der Waals surface area (Å²) in [6, 6.07) is 7.96. The van der Waals surface area contributed by atoms with Crippen LogP contribution in [-0.2, 0) is 9.59 Å². The first-order chi connectivity index (χ1) is 16.1. The maximum Gasteiger partial charge on any atom is 0.254 e. The zero-order valence-corrected chi connectivity index (χ0v) is 19.3. The Morgan fingerprint density at radius 1 is 0.727 bits per heavy atom. The molecule has 0 spiro atoms. The summed E-state index contributed by atoms with van der Waals surface area (Å²) in [6.07, 6.45) is 17.0. The molecule has 1 aliphatic heterocycles. The Morgan fingerprint density at radius 2 is 1.21 bits per heavy atom.